The molecule has 0 aliphatic heterocycles. The lowest BCUT2D eigenvalue weighted by Gasteiger charge is -2.37. The highest BCUT2D eigenvalue weighted by molar-refractivity contribution is 14.1. The van der Waals surface area contributed by atoms with Crippen LogP contribution < -0.4 is 10.6 Å². The first-order valence-corrected chi connectivity index (χ1v) is 7.65. The fraction of sp³-hybridized carbons (Fsp3) is 0.750. The molecular weight excluding hydrogens is 343 g/mol. The van der Waals surface area contributed by atoms with Crippen LogP contribution in [0.15, 0.2) is 12.4 Å². The lowest BCUT2D eigenvalue weighted by atomic mass is 10.5. The van der Waals surface area contributed by atoms with E-state index in [9.17, 15) is 4.79 Å². The Bertz CT molecular complexity index is 247. The van der Waals surface area contributed by atoms with Crippen molar-refractivity contribution in [2.45, 2.75) is 31.9 Å². The normalized spacial score (nSPS) is 11.6. The summed E-state index contributed by atoms with van der Waals surface area (Å²) in [4.78, 5) is 15.8. The number of rotatable bonds is 8. The van der Waals surface area contributed by atoms with Crippen molar-refractivity contribution in [3.63, 3.8) is 0 Å². The van der Waals surface area contributed by atoms with Crippen molar-refractivity contribution in [3.05, 3.63) is 12.4 Å². The van der Waals surface area contributed by atoms with Gasteiger partial charge >= 0.3 is 6.03 Å². The molecule has 0 aromatic rings. The van der Waals surface area contributed by atoms with Crippen LogP contribution in [-0.2, 0) is 0 Å². The second-order valence-electron chi connectivity index (χ2n) is 3.70. The molecule has 0 bridgehead atoms. The van der Waals surface area contributed by atoms with Crippen molar-refractivity contribution >= 4 is 28.6 Å². The molecule has 106 valence electrons. The number of hydrogen-bond acceptors (Lipinski definition) is 3. The first-order chi connectivity index (χ1) is 8.53. The molecule has 1 atom stereocenters. The molecule has 0 aliphatic carbocycles. The summed E-state index contributed by atoms with van der Waals surface area (Å²) < 4.78 is -0.0456. The Morgan fingerprint density at radius 3 is 2.00 bits per heavy atom. The van der Waals surface area contributed by atoms with E-state index in [0.717, 1.165) is 18.9 Å². The molecule has 0 aromatic heterocycles. The van der Waals surface area contributed by atoms with Gasteiger partial charge in [0.25, 0.3) is 0 Å². The van der Waals surface area contributed by atoms with Crippen LogP contribution in [0.3, 0.4) is 0 Å². The minimum absolute atomic E-state index is 0.0397. The summed E-state index contributed by atoms with van der Waals surface area (Å²) in [5, 5.41) is 6.03. The van der Waals surface area contributed by atoms with Gasteiger partial charge in [-0.1, -0.05) is 6.58 Å². The van der Waals surface area contributed by atoms with Crippen molar-refractivity contribution in [1.82, 2.24) is 20.4 Å². The zero-order chi connectivity index (χ0) is 14.1. The Balaban J connectivity index is 4.76. The van der Waals surface area contributed by atoms with Crippen LogP contribution >= 0.6 is 22.6 Å². The van der Waals surface area contributed by atoms with E-state index < -0.39 is 0 Å². The zero-order valence-electron chi connectivity index (χ0n) is 11.8. The van der Waals surface area contributed by atoms with Crippen molar-refractivity contribution in [2.75, 3.05) is 26.2 Å². The molecular formula is C12H25IN4O. The summed E-state index contributed by atoms with van der Waals surface area (Å²) in [7, 11) is 0. The Morgan fingerprint density at radius 1 is 1.11 bits per heavy atom. The molecule has 0 radical (unpaired) electrons. The molecule has 0 saturated heterocycles. The van der Waals surface area contributed by atoms with Gasteiger partial charge in [-0.05, 0) is 50.3 Å². The predicted octanol–water partition coefficient (Wildman–Crippen LogP) is 2.16. The molecule has 2 N–H and O–H groups in total. The quantitative estimate of drug-likeness (QED) is 0.299. The third kappa shape index (κ3) is 4.91. The number of alkyl halides is 1. The van der Waals surface area contributed by atoms with Crippen molar-refractivity contribution in [1.29, 1.82) is 0 Å². The molecule has 0 aromatic carbocycles. The Kier molecular flexibility index (Phi) is 8.95. The molecule has 6 heteroatoms. The van der Waals surface area contributed by atoms with Crippen LogP contribution in [-0.4, -0.2) is 46.2 Å². The van der Waals surface area contributed by atoms with Crippen LogP contribution in [0.4, 0.5) is 4.79 Å². The summed E-state index contributed by atoms with van der Waals surface area (Å²) in [6.45, 7) is 14.9. The fourth-order valence-corrected chi connectivity index (χ4v) is 2.96. The highest BCUT2D eigenvalue weighted by atomic mass is 127. The van der Waals surface area contributed by atoms with E-state index >= 15 is 0 Å². The molecule has 18 heavy (non-hydrogen) atoms. The SMILES string of the molecule is C=C(NCC)N(CC)C(I)N(CC)C(=O)NCC. The van der Waals surface area contributed by atoms with Gasteiger partial charge in [0, 0.05) is 26.2 Å². The Morgan fingerprint density at radius 2 is 1.61 bits per heavy atom. The monoisotopic (exact) mass is 368 g/mol. The molecule has 0 saturated carbocycles. The Hall–Kier alpha value is -0.660. The molecule has 0 heterocycles. The summed E-state index contributed by atoms with van der Waals surface area (Å²) in [5.41, 5.74) is 0. The number of carbonyl (C=O) groups excluding carboxylic acids is 1. The summed E-state index contributed by atoms with van der Waals surface area (Å²) in [5.74, 6) is 0.849. The number of nitrogens with zero attached hydrogens (tertiary/aromatic N) is 2. The van der Waals surface area contributed by atoms with Crippen LogP contribution in [0.1, 0.15) is 27.7 Å². The predicted molar refractivity (Wildman–Crippen MR) is 84.5 cm³/mol. The first kappa shape index (κ1) is 17.3. The third-order valence-electron chi connectivity index (χ3n) is 2.51. The highest BCUT2D eigenvalue weighted by Gasteiger charge is 2.25. The minimum Gasteiger partial charge on any atom is -0.372 e. The van der Waals surface area contributed by atoms with E-state index in [1.807, 2.05) is 20.8 Å². The summed E-state index contributed by atoms with van der Waals surface area (Å²) in [6, 6.07) is -0.0397. The molecule has 2 amide bonds. The second-order valence-corrected chi connectivity index (χ2v) is 4.81. The standard InChI is InChI=1S/C12H25IN4O/c1-6-14-10(5)16(8-3)11(13)17(9-4)12(18)15-7-2/h11,14H,5-9H2,1-4H3,(H,15,18). The van der Waals surface area contributed by atoms with Gasteiger partial charge < -0.3 is 15.5 Å². The molecule has 0 aliphatic rings. The largest absolute Gasteiger partial charge is 0.372 e. The molecule has 0 rings (SSSR count). The molecule has 0 fully saturated rings. The van der Waals surface area contributed by atoms with Gasteiger partial charge in [0.1, 0.15) is 0 Å². The van der Waals surface area contributed by atoms with E-state index in [4.69, 9.17) is 0 Å². The van der Waals surface area contributed by atoms with Gasteiger partial charge in [-0.15, -0.1) is 0 Å². The molecule has 0 spiro atoms. The van der Waals surface area contributed by atoms with Crippen molar-refractivity contribution < 1.29 is 4.79 Å². The van der Waals surface area contributed by atoms with E-state index in [0.29, 0.717) is 13.1 Å². The second kappa shape index (κ2) is 9.29. The average Bonchev–Trinajstić information content (AvgIpc) is 2.31. The minimum atomic E-state index is -0.0456. The van der Waals surface area contributed by atoms with Gasteiger partial charge in [-0.3, -0.25) is 4.90 Å². The lowest BCUT2D eigenvalue weighted by Crippen LogP contribution is -2.51. The number of urea groups is 1. The maximum absolute atomic E-state index is 11.9. The maximum Gasteiger partial charge on any atom is 0.319 e. The lowest BCUT2D eigenvalue weighted by molar-refractivity contribution is 0.152. The smallest absolute Gasteiger partial charge is 0.319 e. The van der Waals surface area contributed by atoms with E-state index in [1.54, 1.807) is 4.90 Å². The number of nitrogens with one attached hydrogen (secondary N) is 2. The number of hydrogen-bond donors (Lipinski definition) is 2. The number of amides is 2. The first-order valence-electron chi connectivity index (χ1n) is 6.41. The van der Waals surface area contributed by atoms with Gasteiger partial charge in [-0.25, -0.2) is 4.79 Å². The number of halogens is 1. The van der Waals surface area contributed by atoms with Crippen LogP contribution in [0.25, 0.3) is 0 Å². The van der Waals surface area contributed by atoms with E-state index in [-0.39, 0.29) is 10.2 Å². The van der Waals surface area contributed by atoms with Gasteiger partial charge in [0.05, 0.1) is 5.82 Å². The van der Waals surface area contributed by atoms with Crippen molar-refractivity contribution in [2.24, 2.45) is 0 Å². The number of carbonyl (C=O) groups is 1. The average molecular weight is 368 g/mol. The van der Waals surface area contributed by atoms with Crippen LogP contribution in [0.5, 0.6) is 0 Å². The van der Waals surface area contributed by atoms with Gasteiger partial charge in [0.2, 0.25) is 0 Å². The van der Waals surface area contributed by atoms with E-state index in [1.165, 1.54) is 0 Å². The third-order valence-corrected chi connectivity index (χ3v) is 3.86. The highest BCUT2D eigenvalue weighted by Crippen LogP contribution is 2.17. The fourth-order valence-electron chi connectivity index (χ4n) is 1.59. The topological polar surface area (TPSA) is 47.6 Å². The van der Waals surface area contributed by atoms with Crippen molar-refractivity contribution in [3.8, 4) is 0 Å². The van der Waals surface area contributed by atoms with Gasteiger partial charge in [-0.2, -0.15) is 0 Å². The molecule has 1 unspecified atom stereocenters. The zero-order valence-corrected chi connectivity index (χ0v) is 14.0. The van der Waals surface area contributed by atoms with Crippen LogP contribution in [0.2, 0.25) is 0 Å². The molecule has 5 nitrogen and oxygen atoms in total. The maximum atomic E-state index is 11.9. The van der Waals surface area contributed by atoms with Gasteiger partial charge in [0.15, 0.2) is 4.17 Å². The van der Waals surface area contributed by atoms with E-state index in [2.05, 4.69) is 51.6 Å². The Labute approximate surface area is 124 Å². The summed E-state index contributed by atoms with van der Waals surface area (Å²) in [6.07, 6.45) is 0. The summed E-state index contributed by atoms with van der Waals surface area (Å²) >= 11 is 2.27. The van der Waals surface area contributed by atoms with Crippen LogP contribution in [0, 0.1) is 0 Å².